The summed E-state index contributed by atoms with van der Waals surface area (Å²) in [4.78, 5) is 31.7. The molecule has 122 valence electrons. The highest BCUT2D eigenvalue weighted by atomic mass is 16.2. The summed E-state index contributed by atoms with van der Waals surface area (Å²) < 4.78 is 1.70. The van der Waals surface area contributed by atoms with Crippen LogP contribution in [0.4, 0.5) is 10.6 Å². The van der Waals surface area contributed by atoms with Gasteiger partial charge in [-0.15, -0.1) is 0 Å². The number of para-hydroxylation sites is 1. The average Bonchev–Trinajstić information content (AvgIpc) is 3.22. The number of hydrogen-bond donors (Lipinski definition) is 1. The van der Waals surface area contributed by atoms with Crippen LogP contribution in [0.25, 0.3) is 5.69 Å². The van der Waals surface area contributed by atoms with Gasteiger partial charge in [-0.2, -0.15) is 5.10 Å². The van der Waals surface area contributed by atoms with E-state index in [1.54, 1.807) is 20.7 Å². The van der Waals surface area contributed by atoms with Crippen LogP contribution in [0.3, 0.4) is 0 Å². The number of amides is 3. The number of rotatable bonds is 4. The molecule has 3 amide bonds. The molecular formula is C16H16N6O2. The molecule has 8 heteroatoms. The van der Waals surface area contributed by atoms with E-state index >= 15 is 0 Å². The Labute approximate surface area is 138 Å². The predicted molar refractivity (Wildman–Crippen MR) is 88.2 cm³/mol. The van der Waals surface area contributed by atoms with E-state index in [1.165, 1.54) is 0 Å². The van der Waals surface area contributed by atoms with E-state index in [9.17, 15) is 9.59 Å². The first-order valence-electron chi connectivity index (χ1n) is 7.72. The largest absolute Gasteiger partial charge is 0.370 e. The molecule has 0 unspecified atom stereocenters. The molecule has 0 aliphatic carbocycles. The molecule has 0 spiro atoms. The summed E-state index contributed by atoms with van der Waals surface area (Å²) in [6, 6.07) is 9.35. The van der Waals surface area contributed by atoms with Crippen molar-refractivity contribution in [3.05, 3.63) is 42.1 Å². The predicted octanol–water partition coefficient (Wildman–Crippen LogP) is 0.750. The van der Waals surface area contributed by atoms with Gasteiger partial charge in [-0.1, -0.05) is 18.2 Å². The van der Waals surface area contributed by atoms with Crippen LogP contribution in [0.5, 0.6) is 0 Å². The van der Waals surface area contributed by atoms with Crippen LogP contribution in [-0.2, 0) is 4.79 Å². The number of nitrogens with zero attached hydrogens (tertiary/aromatic N) is 5. The topological polar surface area (TPSA) is 96.8 Å². The molecule has 0 bridgehead atoms. The number of aromatic nitrogens is 2. The Morgan fingerprint density at radius 1 is 1.25 bits per heavy atom. The summed E-state index contributed by atoms with van der Waals surface area (Å²) in [5, 5.41) is 4.44. The molecule has 3 heterocycles. The van der Waals surface area contributed by atoms with Gasteiger partial charge in [0.15, 0.2) is 5.82 Å². The van der Waals surface area contributed by atoms with Crippen molar-refractivity contribution >= 4 is 23.6 Å². The van der Waals surface area contributed by atoms with Gasteiger partial charge in [0.25, 0.3) is 0 Å². The third-order valence-corrected chi connectivity index (χ3v) is 4.13. The number of carbonyl (C=O) groups is 2. The highest BCUT2D eigenvalue weighted by molar-refractivity contribution is 6.19. The average molecular weight is 324 g/mol. The van der Waals surface area contributed by atoms with Crippen molar-refractivity contribution in [1.82, 2.24) is 14.7 Å². The zero-order chi connectivity index (χ0) is 16.7. The fourth-order valence-electron chi connectivity index (χ4n) is 3.04. The molecule has 2 aromatic rings. The maximum absolute atomic E-state index is 12.8. The van der Waals surface area contributed by atoms with Gasteiger partial charge >= 0.3 is 6.03 Å². The highest BCUT2D eigenvalue weighted by Crippen LogP contribution is 2.32. The van der Waals surface area contributed by atoms with Crippen molar-refractivity contribution in [3.8, 4) is 5.69 Å². The lowest BCUT2D eigenvalue weighted by atomic mass is 10.2. The van der Waals surface area contributed by atoms with Crippen LogP contribution >= 0.6 is 0 Å². The number of aliphatic imine (C=N–C) groups is 1. The van der Waals surface area contributed by atoms with Crippen LogP contribution in [0.2, 0.25) is 0 Å². The number of primary amides is 1. The summed E-state index contributed by atoms with van der Waals surface area (Å²) in [6.45, 7) is 1.32. The molecule has 4 rings (SSSR count). The van der Waals surface area contributed by atoms with Gasteiger partial charge in [0, 0.05) is 19.5 Å². The van der Waals surface area contributed by atoms with E-state index in [1.807, 2.05) is 30.3 Å². The Morgan fingerprint density at radius 3 is 2.79 bits per heavy atom. The van der Waals surface area contributed by atoms with E-state index in [2.05, 4.69) is 10.1 Å². The van der Waals surface area contributed by atoms with Gasteiger partial charge in [0.1, 0.15) is 5.84 Å². The molecule has 0 radical (unpaired) electrons. The number of anilines is 1. The van der Waals surface area contributed by atoms with Crippen molar-refractivity contribution in [2.45, 2.75) is 6.42 Å². The second-order valence-electron chi connectivity index (χ2n) is 5.64. The lowest BCUT2D eigenvalue weighted by molar-refractivity contribution is -0.117. The molecule has 2 aliphatic heterocycles. The Hall–Kier alpha value is -3.16. The SMILES string of the molecule is NC(=O)CCN1C(=O)N2CCN=C2c2cnn(-c3ccccc3)c21. The summed E-state index contributed by atoms with van der Waals surface area (Å²) in [5.74, 6) is 0.827. The molecule has 0 fully saturated rings. The summed E-state index contributed by atoms with van der Waals surface area (Å²) in [6.07, 6.45) is 1.80. The lowest BCUT2D eigenvalue weighted by Crippen LogP contribution is -2.51. The standard InChI is InChI=1S/C16H16N6O2/c17-13(23)6-8-21-15-12(14-18-7-9-20(14)16(21)24)10-19-22(15)11-4-2-1-3-5-11/h1-5,10H,6-9H2,(H2,17,23). The Balaban J connectivity index is 1.85. The molecule has 2 aliphatic rings. The van der Waals surface area contributed by atoms with Gasteiger partial charge in [-0.05, 0) is 12.1 Å². The van der Waals surface area contributed by atoms with Gasteiger partial charge in [-0.3, -0.25) is 19.6 Å². The zero-order valence-electron chi connectivity index (χ0n) is 12.9. The van der Waals surface area contributed by atoms with Crippen LogP contribution in [0.1, 0.15) is 12.0 Å². The first-order chi connectivity index (χ1) is 11.7. The van der Waals surface area contributed by atoms with Gasteiger partial charge in [0.2, 0.25) is 5.91 Å². The maximum atomic E-state index is 12.8. The molecule has 0 atom stereocenters. The van der Waals surface area contributed by atoms with Crippen LogP contribution in [0.15, 0.2) is 41.5 Å². The number of carbonyl (C=O) groups excluding carboxylic acids is 2. The third-order valence-electron chi connectivity index (χ3n) is 4.13. The Bertz CT molecular complexity index is 842. The number of nitrogens with two attached hydrogens (primary N) is 1. The Morgan fingerprint density at radius 2 is 2.04 bits per heavy atom. The van der Waals surface area contributed by atoms with E-state index in [0.29, 0.717) is 24.7 Å². The van der Waals surface area contributed by atoms with Crippen molar-refractivity contribution in [1.29, 1.82) is 0 Å². The number of benzene rings is 1. The van der Waals surface area contributed by atoms with Crippen molar-refractivity contribution in [2.75, 3.05) is 24.5 Å². The number of hydrogen-bond acceptors (Lipinski definition) is 4. The van der Waals surface area contributed by atoms with E-state index < -0.39 is 5.91 Å². The first kappa shape index (κ1) is 14.4. The van der Waals surface area contributed by atoms with Crippen LogP contribution in [0, 0.1) is 0 Å². The van der Waals surface area contributed by atoms with E-state index in [-0.39, 0.29) is 19.0 Å². The number of fused-ring (bicyclic) bond motifs is 3. The van der Waals surface area contributed by atoms with Crippen molar-refractivity contribution < 1.29 is 9.59 Å². The first-order valence-corrected chi connectivity index (χ1v) is 7.72. The molecule has 2 N–H and O–H groups in total. The molecular weight excluding hydrogens is 308 g/mol. The quantitative estimate of drug-likeness (QED) is 0.898. The number of urea groups is 1. The summed E-state index contributed by atoms with van der Waals surface area (Å²) >= 11 is 0. The van der Waals surface area contributed by atoms with Gasteiger partial charge < -0.3 is 5.73 Å². The summed E-state index contributed by atoms with van der Waals surface area (Å²) in [7, 11) is 0. The van der Waals surface area contributed by atoms with Crippen LogP contribution < -0.4 is 10.6 Å². The molecule has 0 saturated carbocycles. The Kier molecular flexibility index (Phi) is 3.30. The highest BCUT2D eigenvalue weighted by Gasteiger charge is 2.40. The smallest absolute Gasteiger partial charge is 0.331 e. The number of amidine groups is 1. The van der Waals surface area contributed by atoms with E-state index in [4.69, 9.17) is 5.73 Å². The minimum absolute atomic E-state index is 0.0888. The second-order valence-corrected chi connectivity index (χ2v) is 5.64. The lowest BCUT2D eigenvalue weighted by Gasteiger charge is -2.33. The minimum Gasteiger partial charge on any atom is -0.370 e. The monoisotopic (exact) mass is 324 g/mol. The zero-order valence-corrected chi connectivity index (χ0v) is 12.9. The fourth-order valence-corrected chi connectivity index (χ4v) is 3.04. The minimum atomic E-state index is -0.448. The maximum Gasteiger partial charge on any atom is 0.331 e. The molecule has 1 aromatic heterocycles. The molecule has 24 heavy (non-hydrogen) atoms. The molecule has 1 aromatic carbocycles. The van der Waals surface area contributed by atoms with Crippen LogP contribution in [-0.4, -0.2) is 52.1 Å². The second kappa shape index (κ2) is 5.48. The van der Waals surface area contributed by atoms with Crippen molar-refractivity contribution in [2.24, 2.45) is 10.7 Å². The third kappa shape index (κ3) is 2.15. The van der Waals surface area contributed by atoms with Crippen molar-refractivity contribution in [3.63, 3.8) is 0 Å². The normalized spacial score (nSPS) is 16.0. The fraction of sp³-hybridized carbons (Fsp3) is 0.250. The molecule has 8 nitrogen and oxygen atoms in total. The molecule has 0 saturated heterocycles. The van der Waals surface area contributed by atoms with Gasteiger partial charge in [0.05, 0.1) is 24.0 Å². The van der Waals surface area contributed by atoms with Gasteiger partial charge in [-0.25, -0.2) is 9.48 Å². The van der Waals surface area contributed by atoms with E-state index in [0.717, 1.165) is 11.3 Å². The summed E-state index contributed by atoms with van der Waals surface area (Å²) in [5.41, 5.74) is 6.90.